The van der Waals surface area contributed by atoms with Gasteiger partial charge in [-0.1, -0.05) is 43.1 Å². The lowest BCUT2D eigenvalue weighted by atomic mass is 9.94. The van der Waals surface area contributed by atoms with Crippen LogP contribution in [0.1, 0.15) is 52.0 Å². The maximum atomic E-state index is 13.1. The van der Waals surface area contributed by atoms with Gasteiger partial charge in [0.2, 0.25) is 17.6 Å². The largest absolute Gasteiger partial charge is 0.337 e. The Kier molecular flexibility index (Phi) is 8.23. The van der Waals surface area contributed by atoms with Crippen molar-refractivity contribution in [2.24, 2.45) is 11.1 Å². The number of aromatic nitrogens is 2. The average Bonchev–Trinajstić information content (AvgIpc) is 3.33. The first-order valence-corrected chi connectivity index (χ1v) is 12.7. The molecule has 2 aromatic carbocycles. The van der Waals surface area contributed by atoms with E-state index in [2.05, 4.69) is 27.1 Å². The van der Waals surface area contributed by atoms with Gasteiger partial charge in [-0.25, -0.2) is 12.8 Å². The van der Waals surface area contributed by atoms with Crippen LogP contribution in [-0.2, 0) is 14.8 Å². The molecule has 11 heteroatoms. The molecule has 1 atom stereocenters. The Labute approximate surface area is 204 Å². The van der Waals surface area contributed by atoms with Gasteiger partial charge in [0, 0.05) is 11.3 Å². The van der Waals surface area contributed by atoms with Gasteiger partial charge < -0.3 is 15.6 Å². The summed E-state index contributed by atoms with van der Waals surface area (Å²) in [5, 5.41) is 6.54. The maximum absolute atomic E-state index is 13.1. The Bertz CT molecular complexity index is 1280. The van der Waals surface area contributed by atoms with Crippen LogP contribution < -0.4 is 15.8 Å². The summed E-state index contributed by atoms with van der Waals surface area (Å²) >= 11 is 0. The highest BCUT2D eigenvalue weighted by molar-refractivity contribution is 7.92. The van der Waals surface area contributed by atoms with Crippen molar-refractivity contribution in [2.75, 3.05) is 16.7 Å². The van der Waals surface area contributed by atoms with E-state index in [1.54, 1.807) is 30.3 Å². The number of anilines is 2. The van der Waals surface area contributed by atoms with Crippen LogP contribution >= 0.6 is 0 Å². The third-order valence-electron chi connectivity index (χ3n) is 5.35. The van der Waals surface area contributed by atoms with Gasteiger partial charge >= 0.3 is 0 Å². The minimum atomic E-state index is -3.98. The van der Waals surface area contributed by atoms with E-state index < -0.39 is 28.0 Å². The molecular formula is C24H30FN5O4S. The Balaban J connectivity index is 1.78. The lowest BCUT2D eigenvalue weighted by Gasteiger charge is -2.19. The topological polar surface area (TPSA) is 140 Å². The van der Waals surface area contributed by atoms with Gasteiger partial charge in [-0.15, -0.1) is 0 Å². The van der Waals surface area contributed by atoms with Gasteiger partial charge in [0.1, 0.15) is 6.67 Å². The molecule has 0 aliphatic carbocycles. The van der Waals surface area contributed by atoms with Crippen molar-refractivity contribution in [3.05, 3.63) is 54.4 Å². The SMILES string of the molecule is CCCC[C@H](N)c1nc(-c2cccc(S(=O)(=O)Nc3cccc(NC(=O)C(C)(C)CF)c3)c2)no1. The number of hydrogen-bond acceptors (Lipinski definition) is 7. The van der Waals surface area contributed by atoms with E-state index in [9.17, 15) is 17.6 Å². The average molecular weight is 504 g/mol. The summed E-state index contributed by atoms with van der Waals surface area (Å²) in [7, 11) is -3.98. The normalized spacial score (nSPS) is 12.8. The van der Waals surface area contributed by atoms with Crippen molar-refractivity contribution in [1.82, 2.24) is 10.1 Å². The Morgan fingerprint density at radius 1 is 1.17 bits per heavy atom. The number of alkyl halides is 1. The van der Waals surface area contributed by atoms with Crippen molar-refractivity contribution in [3.63, 3.8) is 0 Å². The maximum Gasteiger partial charge on any atom is 0.261 e. The minimum Gasteiger partial charge on any atom is -0.337 e. The highest BCUT2D eigenvalue weighted by atomic mass is 32.2. The molecule has 35 heavy (non-hydrogen) atoms. The quantitative estimate of drug-likeness (QED) is 0.346. The molecule has 3 aromatic rings. The monoisotopic (exact) mass is 503 g/mol. The number of halogens is 1. The smallest absolute Gasteiger partial charge is 0.261 e. The van der Waals surface area contributed by atoms with Crippen LogP contribution in [0.5, 0.6) is 0 Å². The summed E-state index contributed by atoms with van der Waals surface area (Å²) < 4.78 is 46.9. The third-order valence-corrected chi connectivity index (χ3v) is 6.73. The van der Waals surface area contributed by atoms with Gasteiger partial charge in [-0.3, -0.25) is 9.52 Å². The zero-order valence-electron chi connectivity index (χ0n) is 19.9. The molecule has 9 nitrogen and oxygen atoms in total. The van der Waals surface area contributed by atoms with Crippen molar-refractivity contribution in [3.8, 4) is 11.4 Å². The molecule has 0 spiro atoms. The number of nitrogens with zero attached hydrogens (tertiary/aromatic N) is 2. The van der Waals surface area contributed by atoms with Crippen LogP contribution in [0.15, 0.2) is 57.9 Å². The van der Waals surface area contributed by atoms with Crippen molar-refractivity contribution in [1.29, 1.82) is 0 Å². The van der Waals surface area contributed by atoms with E-state index in [0.717, 1.165) is 12.8 Å². The van der Waals surface area contributed by atoms with Crippen LogP contribution in [0.2, 0.25) is 0 Å². The summed E-state index contributed by atoms with van der Waals surface area (Å²) in [5.41, 5.74) is 5.91. The van der Waals surface area contributed by atoms with E-state index in [-0.39, 0.29) is 22.4 Å². The standard InChI is InChI=1S/C24H30FN5O4S/c1-4-5-12-20(26)22-28-21(29-34-22)16-8-6-11-19(13-16)35(32,33)30-18-10-7-9-17(14-18)27-23(31)24(2,3)15-25/h6-11,13-14,20,30H,4-5,12,15,26H2,1-3H3,(H,27,31)/t20-/m0/s1. The Morgan fingerprint density at radius 2 is 1.89 bits per heavy atom. The summed E-state index contributed by atoms with van der Waals surface area (Å²) in [6, 6.07) is 11.9. The van der Waals surface area contributed by atoms with E-state index in [1.807, 2.05) is 0 Å². The first-order chi connectivity index (χ1) is 16.6. The predicted molar refractivity (Wildman–Crippen MR) is 132 cm³/mol. The molecule has 188 valence electrons. The summed E-state index contributed by atoms with van der Waals surface area (Å²) in [4.78, 5) is 16.5. The zero-order valence-corrected chi connectivity index (χ0v) is 20.7. The lowest BCUT2D eigenvalue weighted by molar-refractivity contribution is -0.124. The van der Waals surface area contributed by atoms with Crippen molar-refractivity contribution < 1.29 is 22.1 Å². The predicted octanol–water partition coefficient (Wildman–Crippen LogP) is 4.66. The molecule has 0 aliphatic heterocycles. The number of carbonyl (C=O) groups excluding carboxylic acids is 1. The second-order valence-electron chi connectivity index (χ2n) is 8.89. The van der Waals surface area contributed by atoms with Gasteiger partial charge in [0.25, 0.3) is 10.0 Å². The molecular weight excluding hydrogens is 473 g/mol. The van der Waals surface area contributed by atoms with Gasteiger partial charge in [-0.05, 0) is 50.6 Å². The molecule has 0 fully saturated rings. The van der Waals surface area contributed by atoms with Crippen LogP contribution in [-0.4, -0.2) is 31.1 Å². The molecule has 0 bridgehead atoms. The number of nitrogens with one attached hydrogen (secondary N) is 2. The summed E-state index contributed by atoms with van der Waals surface area (Å²) in [6.07, 6.45) is 2.63. The number of nitrogens with two attached hydrogens (primary N) is 1. The number of rotatable bonds is 11. The molecule has 0 unspecified atom stereocenters. The zero-order chi connectivity index (χ0) is 25.6. The fraction of sp³-hybridized carbons (Fsp3) is 0.375. The van der Waals surface area contributed by atoms with E-state index >= 15 is 0 Å². The van der Waals surface area contributed by atoms with Crippen molar-refractivity contribution >= 4 is 27.3 Å². The summed E-state index contributed by atoms with van der Waals surface area (Å²) in [6.45, 7) is 4.20. The molecule has 1 heterocycles. The number of amides is 1. The molecule has 4 N–H and O–H groups in total. The van der Waals surface area contributed by atoms with Crippen LogP contribution in [0.3, 0.4) is 0 Å². The number of carbonyl (C=O) groups is 1. The van der Waals surface area contributed by atoms with E-state index in [1.165, 1.54) is 32.0 Å². The molecule has 0 aliphatic rings. The fourth-order valence-corrected chi connectivity index (χ4v) is 4.18. The van der Waals surface area contributed by atoms with Crippen molar-refractivity contribution in [2.45, 2.75) is 51.0 Å². The Morgan fingerprint density at radius 3 is 2.60 bits per heavy atom. The van der Waals surface area contributed by atoms with Crippen LogP contribution in [0, 0.1) is 5.41 Å². The second kappa shape index (κ2) is 11.0. The van der Waals surface area contributed by atoms with Gasteiger partial charge in [0.15, 0.2) is 0 Å². The van der Waals surface area contributed by atoms with Gasteiger partial charge in [0.05, 0.1) is 22.0 Å². The fourth-order valence-electron chi connectivity index (χ4n) is 3.09. The minimum absolute atomic E-state index is 0.00960. The highest BCUT2D eigenvalue weighted by Crippen LogP contribution is 2.26. The molecule has 1 aromatic heterocycles. The van der Waals surface area contributed by atoms with Crippen LogP contribution in [0.4, 0.5) is 15.8 Å². The molecule has 0 saturated heterocycles. The third kappa shape index (κ3) is 6.64. The second-order valence-corrected chi connectivity index (χ2v) is 10.6. The number of sulfonamides is 1. The first kappa shape index (κ1) is 26.3. The van der Waals surface area contributed by atoms with E-state index in [4.69, 9.17) is 10.3 Å². The number of hydrogen-bond donors (Lipinski definition) is 3. The lowest BCUT2D eigenvalue weighted by Crippen LogP contribution is -2.32. The van der Waals surface area contributed by atoms with Crippen LogP contribution in [0.25, 0.3) is 11.4 Å². The molecule has 0 saturated carbocycles. The number of unbranched alkanes of at least 4 members (excludes halogenated alkanes) is 1. The number of benzene rings is 2. The first-order valence-electron chi connectivity index (χ1n) is 11.3. The molecule has 3 rings (SSSR count). The highest BCUT2D eigenvalue weighted by Gasteiger charge is 2.27. The molecule has 1 amide bonds. The van der Waals surface area contributed by atoms with Gasteiger partial charge in [-0.2, -0.15) is 4.98 Å². The van der Waals surface area contributed by atoms with E-state index in [0.29, 0.717) is 23.6 Å². The Hall–Kier alpha value is -3.31. The molecule has 0 radical (unpaired) electrons. The summed E-state index contributed by atoms with van der Waals surface area (Å²) in [5.74, 6) is 0.0282.